The van der Waals surface area contributed by atoms with E-state index in [0.29, 0.717) is 30.2 Å². The largest absolute Gasteiger partial charge is 0.447 e. The average molecular weight is 360 g/mol. The van der Waals surface area contributed by atoms with E-state index in [1.54, 1.807) is 37.7 Å². The van der Waals surface area contributed by atoms with Gasteiger partial charge in [0.15, 0.2) is 0 Å². The van der Waals surface area contributed by atoms with Crippen molar-refractivity contribution < 1.29 is 18.7 Å². The molecule has 0 spiro atoms. The monoisotopic (exact) mass is 360 g/mol. The van der Waals surface area contributed by atoms with Crippen LogP contribution in [0.3, 0.4) is 0 Å². The summed E-state index contributed by atoms with van der Waals surface area (Å²) in [5, 5.41) is 2.83. The molecule has 0 aliphatic carbocycles. The summed E-state index contributed by atoms with van der Waals surface area (Å²) in [6, 6.07) is 6.43. The van der Waals surface area contributed by atoms with Crippen LogP contribution in [0.15, 0.2) is 36.7 Å². The number of benzene rings is 1. The predicted octanol–water partition coefficient (Wildman–Crippen LogP) is 2.23. The van der Waals surface area contributed by atoms with E-state index in [1.165, 1.54) is 6.07 Å². The van der Waals surface area contributed by atoms with Crippen LogP contribution in [0.5, 0.6) is 0 Å². The molecule has 2 aromatic rings. The Bertz CT molecular complexity index is 759. The first-order chi connectivity index (χ1) is 12.7. The minimum atomic E-state index is -0.458. The second-order valence-electron chi connectivity index (χ2n) is 5.95. The highest BCUT2D eigenvalue weighted by Gasteiger charge is 2.25. The Morgan fingerprint density at radius 1 is 1.35 bits per heavy atom. The predicted molar refractivity (Wildman–Crippen MR) is 94.4 cm³/mol. The lowest BCUT2D eigenvalue weighted by Crippen LogP contribution is -2.38. The molecule has 1 fully saturated rings. The van der Waals surface area contributed by atoms with Crippen molar-refractivity contribution in [3.8, 4) is 11.3 Å². The smallest absolute Gasteiger partial charge is 0.407 e. The Morgan fingerprint density at radius 3 is 3.00 bits per heavy atom. The summed E-state index contributed by atoms with van der Waals surface area (Å²) < 4.78 is 23.8. The minimum Gasteiger partial charge on any atom is -0.447 e. The van der Waals surface area contributed by atoms with E-state index < -0.39 is 6.09 Å². The van der Waals surface area contributed by atoms with Crippen LogP contribution >= 0.6 is 0 Å². The molecular weight excluding hydrogens is 339 g/mol. The van der Waals surface area contributed by atoms with Gasteiger partial charge in [0.1, 0.15) is 18.2 Å². The quantitative estimate of drug-likeness (QED) is 0.796. The van der Waals surface area contributed by atoms with Crippen molar-refractivity contribution in [2.75, 3.05) is 38.3 Å². The molecule has 0 radical (unpaired) electrons. The van der Waals surface area contributed by atoms with Gasteiger partial charge in [-0.3, -0.25) is 4.98 Å². The molecule has 2 heterocycles. The number of amides is 1. The highest BCUT2D eigenvalue weighted by atomic mass is 19.1. The Balaban J connectivity index is 1.62. The number of nitrogens with one attached hydrogen (secondary N) is 1. The minimum absolute atomic E-state index is 0.0380. The van der Waals surface area contributed by atoms with Gasteiger partial charge >= 0.3 is 6.09 Å². The topological polar surface area (TPSA) is 76.6 Å². The van der Waals surface area contributed by atoms with Crippen LogP contribution in [-0.4, -0.2) is 55.5 Å². The maximum atomic E-state index is 14.0. The number of carbonyl (C=O) groups is 1. The summed E-state index contributed by atoms with van der Waals surface area (Å²) in [5.41, 5.74) is 0.897. The standard InChI is InChI=1S/C18H21FN4O3/c1-25-8-9-26-18(24)21-13-6-7-23(12-13)17-11-20-10-16(22-17)14-4-2-3-5-15(14)19/h2-5,10-11,13H,6-9,12H2,1H3,(H,21,24). The normalized spacial score (nSPS) is 16.5. The van der Waals surface area contributed by atoms with E-state index in [-0.39, 0.29) is 18.5 Å². The van der Waals surface area contributed by atoms with Crippen LogP contribution in [0.4, 0.5) is 15.0 Å². The molecule has 8 heteroatoms. The van der Waals surface area contributed by atoms with Crippen molar-refractivity contribution in [3.05, 3.63) is 42.5 Å². The molecule has 1 amide bonds. The second kappa shape index (κ2) is 8.57. The average Bonchev–Trinajstić information content (AvgIpc) is 3.11. The highest BCUT2D eigenvalue weighted by Crippen LogP contribution is 2.24. The number of methoxy groups -OCH3 is 1. The molecule has 138 valence electrons. The van der Waals surface area contributed by atoms with E-state index in [4.69, 9.17) is 9.47 Å². The summed E-state index contributed by atoms with van der Waals surface area (Å²) in [6.45, 7) is 1.89. The van der Waals surface area contributed by atoms with Crippen LogP contribution in [0, 0.1) is 5.82 Å². The number of nitrogens with zero attached hydrogens (tertiary/aromatic N) is 3. The number of anilines is 1. The lowest BCUT2D eigenvalue weighted by atomic mass is 10.1. The third kappa shape index (κ3) is 4.45. The Hall–Kier alpha value is -2.74. The first-order valence-corrected chi connectivity index (χ1v) is 8.41. The van der Waals surface area contributed by atoms with Gasteiger partial charge in [-0.15, -0.1) is 0 Å². The van der Waals surface area contributed by atoms with Crippen LogP contribution in [0.2, 0.25) is 0 Å². The summed E-state index contributed by atoms with van der Waals surface area (Å²) in [6.07, 6.45) is 3.50. The number of hydrogen-bond acceptors (Lipinski definition) is 6. The maximum absolute atomic E-state index is 14.0. The molecule has 3 rings (SSSR count). The number of aromatic nitrogens is 2. The van der Waals surface area contributed by atoms with E-state index in [2.05, 4.69) is 15.3 Å². The number of halogens is 1. The van der Waals surface area contributed by atoms with Crippen LogP contribution < -0.4 is 10.2 Å². The molecule has 1 atom stereocenters. The van der Waals surface area contributed by atoms with E-state index in [9.17, 15) is 9.18 Å². The van der Waals surface area contributed by atoms with E-state index >= 15 is 0 Å². The van der Waals surface area contributed by atoms with Gasteiger partial charge in [-0.2, -0.15) is 0 Å². The van der Waals surface area contributed by atoms with Crippen molar-refractivity contribution in [2.24, 2.45) is 0 Å². The zero-order chi connectivity index (χ0) is 18.4. The molecule has 1 aromatic heterocycles. The first-order valence-electron chi connectivity index (χ1n) is 8.41. The van der Waals surface area contributed by atoms with Crippen molar-refractivity contribution in [1.29, 1.82) is 0 Å². The Labute approximate surface area is 151 Å². The van der Waals surface area contributed by atoms with Gasteiger partial charge in [-0.25, -0.2) is 14.2 Å². The number of hydrogen-bond donors (Lipinski definition) is 1. The van der Waals surface area contributed by atoms with Crippen LogP contribution in [0.1, 0.15) is 6.42 Å². The molecule has 1 aromatic carbocycles. The fourth-order valence-electron chi connectivity index (χ4n) is 2.82. The number of alkyl carbamates (subject to hydrolysis) is 1. The SMILES string of the molecule is COCCOC(=O)NC1CCN(c2cncc(-c3ccccc3F)n2)C1. The number of carbonyl (C=O) groups excluding carboxylic acids is 1. The van der Waals surface area contributed by atoms with Crippen molar-refractivity contribution in [3.63, 3.8) is 0 Å². The summed E-state index contributed by atoms with van der Waals surface area (Å²) in [5.74, 6) is 0.321. The molecule has 7 nitrogen and oxygen atoms in total. The van der Waals surface area contributed by atoms with Gasteiger partial charge in [-0.1, -0.05) is 12.1 Å². The van der Waals surface area contributed by atoms with Gasteiger partial charge in [0, 0.05) is 25.8 Å². The maximum Gasteiger partial charge on any atom is 0.407 e. The molecule has 0 saturated carbocycles. The lowest BCUT2D eigenvalue weighted by molar-refractivity contribution is 0.0969. The fraction of sp³-hybridized carbons (Fsp3) is 0.389. The fourth-order valence-corrected chi connectivity index (χ4v) is 2.82. The Kier molecular flexibility index (Phi) is 5.96. The van der Waals surface area contributed by atoms with Crippen molar-refractivity contribution in [2.45, 2.75) is 12.5 Å². The van der Waals surface area contributed by atoms with E-state index in [1.807, 2.05) is 4.90 Å². The third-order valence-electron chi connectivity index (χ3n) is 4.13. The first kappa shape index (κ1) is 18.1. The lowest BCUT2D eigenvalue weighted by Gasteiger charge is -2.18. The van der Waals surface area contributed by atoms with Gasteiger partial charge in [0.25, 0.3) is 0 Å². The van der Waals surface area contributed by atoms with Gasteiger partial charge in [0.05, 0.1) is 30.7 Å². The van der Waals surface area contributed by atoms with Crippen molar-refractivity contribution >= 4 is 11.9 Å². The van der Waals surface area contributed by atoms with E-state index in [0.717, 1.165) is 13.0 Å². The van der Waals surface area contributed by atoms with Crippen molar-refractivity contribution in [1.82, 2.24) is 15.3 Å². The molecule has 1 N–H and O–H groups in total. The summed E-state index contributed by atoms with van der Waals surface area (Å²) in [4.78, 5) is 22.4. The zero-order valence-corrected chi connectivity index (χ0v) is 14.5. The summed E-state index contributed by atoms with van der Waals surface area (Å²) in [7, 11) is 1.55. The molecular formula is C18H21FN4O3. The molecule has 1 aliphatic rings. The van der Waals surface area contributed by atoms with Crippen LogP contribution in [-0.2, 0) is 9.47 Å². The van der Waals surface area contributed by atoms with Gasteiger partial charge < -0.3 is 19.7 Å². The molecule has 26 heavy (non-hydrogen) atoms. The van der Waals surface area contributed by atoms with Gasteiger partial charge in [0.2, 0.25) is 0 Å². The highest BCUT2D eigenvalue weighted by molar-refractivity contribution is 5.68. The number of rotatable bonds is 6. The number of ether oxygens (including phenoxy) is 2. The zero-order valence-electron chi connectivity index (χ0n) is 14.5. The summed E-state index contributed by atoms with van der Waals surface area (Å²) >= 11 is 0. The van der Waals surface area contributed by atoms with Gasteiger partial charge in [-0.05, 0) is 18.6 Å². The van der Waals surface area contributed by atoms with Crippen LogP contribution in [0.25, 0.3) is 11.3 Å². The molecule has 1 saturated heterocycles. The molecule has 1 aliphatic heterocycles. The second-order valence-corrected chi connectivity index (χ2v) is 5.95. The molecule has 1 unspecified atom stereocenters. The third-order valence-corrected chi connectivity index (χ3v) is 4.13. The molecule has 0 bridgehead atoms. The Morgan fingerprint density at radius 2 is 2.19 bits per heavy atom.